The molecule has 1 aliphatic carbocycles. The molecule has 2 saturated heterocycles. The zero-order valence-corrected chi connectivity index (χ0v) is 15.3. The van der Waals surface area contributed by atoms with E-state index in [0.29, 0.717) is 13.0 Å². The van der Waals surface area contributed by atoms with Crippen LogP contribution in [0.1, 0.15) is 40.0 Å². The molecule has 5 nitrogen and oxygen atoms in total. The summed E-state index contributed by atoms with van der Waals surface area (Å²) in [4.78, 5) is 0. The van der Waals surface area contributed by atoms with Crippen molar-refractivity contribution in [2.24, 2.45) is 11.8 Å². The fraction of sp³-hybridized carbons (Fsp3) is 0.700. The molecule has 3 rings (SSSR count). The quantitative estimate of drug-likeness (QED) is 0.525. The van der Waals surface area contributed by atoms with Crippen LogP contribution in [0.5, 0.6) is 0 Å². The van der Waals surface area contributed by atoms with Gasteiger partial charge in [0.2, 0.25) is 0 Å². The van der Waals surface area contributed by atoms with Gasteiger partial charge in [0.25, 0.3) is 0 Å². The fourth-order valence-electron chi connectivity index (χ4n) is 4.15. The Bertz CT molecular complexity index is 587. The lowest BCUT2D eigenvalue weighted by molar-refractivity contribution is -0.150. The molecule has 140 valence electrons. The van der Waals surface area contributed by atoms with Crippen LogP contribution in [-0.2, 0) is 9.47 Å². The third kappa shape index (κ3) is 4.07. The molecule has 0 radical (unpaired) electrons. The summed E-state index contributed by atoms with van der Waals surface area (Å²) in [5, 5.41) is 30.6. The van der Waals surface area contributed by atoms with Crippen LogP contribution in [0.25, 0.3) is 0 Å². The van der Waals surface area contributed by atoms with Gasteiger partial charge in [-0.25, -0.2) is 0 Å². The van der Waals surface area contributed by atoms with Crippen LogP contribution < -0.4 is 0 Å². The summed E-state index contributed by atoms with van der Waals surface area (Å²) in [6, 6.07) is 0. The molecule has 6 atom stereocenters. The van der Waals surface area contributed by atoms with Crippen molar-refractivity contribution in [1.29, 1.82) is 0 Å². The maximum absolute atomic E-state index is 10.4. The van der Waals surface area contributed by atoms with E-state index < -0.39 is 18.0 Å². The summed E-state index contributed by atoms with van der Waals surface area (Å²) in [6.45, 7) is 9.97. The summed E-state index contributed by atoms with van der Waals surface area (Å²) < 4.78 is 11.3. The molecule has 3 aliphatic rings. The molecular weight excluding hydrogens is 320 g/mol. The second kappa shape index (κ2) is 6.63. The highest BCUT2D eigenvalue weighted by molar-refractivity contribution is 5.25. The third-order valence-corrected chi connectivity index (χ3v) is 5.64. The Hall–Kier alpha value is -0.980. The number of epoxide rings is 1. The molecule has 0 spiro atoms. The standard InChI is InChI=1S/C20H30O5/c1-12-10-15(21)17-20(4,25-17)9-7-14-13(6-5-8-19(2,3)23)11-24-18(22)16(12)14/h5-6,8,14-18,21-23H,1,7,9-11H2,2-4H3/b8-5+,13-6-/t14-,15-,16+,17-,18+,20+/m1/s1. The molecule has 1 saturated carbocycles. The van der Waals surface area contributed by atoms with E-state index in [-0.39, 0.29) is 23.5 Å². The number of aliphatic hydroxyl groups excluding tert-OH is 2. The van der Waals surface area contributed by atoms with Crippen LogP contribution in [0.3, 0.4) is 0 Å². The summed E-state index contributed by atoms with van der Waals surface area (Å²) in [6.07, 6.45) is 5.98. The van der Waals surface area contributed by atoms with Gasteiger partial charge in [-0.2, -0.15) is 0 Å². The maximum Gasteiger partial charge on any atom is 0.162 e. The lowest BCUT2D eigenvalue weighted by atomic mass is 9.75. The highest BCUT2D eigenvalue weighted by atomic mass is 16.6. The molecule has 25 heavy (non-hydrogen) atoms. The molecule has 3 fully saturated rings. The molecule has 0 bridgehead atoms. The normalized spacial score (nSPS) is 44.0. The number of ether oxygens (including phenoxy) is 2. The number of hydrogen-bond acceptors (Lipinski definition) is 5. The average molecular weight is 350 g/mol. The molecule has 0 aromatic carbocycles. The van der Waals surface area contributed by atoms with Gasteiger partial charge in [-0.05, 0) is 51.5 Å². The van der Waals surface area contributed by atoms with Crippen LogP contribution in [0.2, 0.25) is 0 Å². The van der Waals surface area contributed by atoms with Crippen molar-refractivity contribution in [2.45, 2.75) is 69.7 Å². The first-order chi connectivity index (χ1) is 11.6. The highest BCUT2D eigenvalue weighted by Crippen LogP contribution is 2.49. The number of hydrogen-bond donors (Lipinski definition) is 3. The fourth-order valence-corrected chi connectivity index (χ4v) is 4.15. The zero-order valence-electron chi connectivity index (χ0n) is 15.3. The van der Waals surface area contributed by atoms with Crippen LogP contribution in [-0.4, -0.2) is 51.6 Å². The van der Waals surface area contributed by atoms with E-state index >= 15 is 0 Å². The van der Waals surface area contributed by atoms with Gasteiger partial charge in [0.15, 0.2) is 6.29 Å². The minimum atomic E-state index is -0.900. The lowest BCUT2D eigenvalue weighted by Crippen LogP contribution is -2.39. The number of aliphatic hydroxyl groups is 3. The van der Waals surface area contributed by atoms with Crippen LogP contribution in [0.15, 0.2) is 36.0 Å². The van der Waals surface area contributed by atoms with Crippen molar-refractivity contribution in [3.63, 3.8) is 0 Å². The predicted octanol–water partition coefficient (Wildman–Crippen LogP) is 2.08. The van der Waals surface area contributed by atoms with Gasteiger partial charge < -0.3 is 24.8 Å². The molecule has 2 heterocycles. The topological polar surface area (TPSA) is 82.5 Å². The van der Waals surface area contributed by atoms with Gasteiger partial charge >= 0.3 is 0 Å². The first-order valence-corrected chi connectivity index (χ1v) is 9.04. The minimum Gasteiger partial charge on any atom is -0.390 e. The molecule has 3 N–H and O–H groups in total. The molecule has 0 amide bonds. The monoisotopic (exact) mass is 350 g/mol. The van der Waals surface area contributed by atoms with Gasteiger partial charge in [-0.3, -0.25) is 0 Å². The third-order valence-electron chi connectivity index (χ3n) is 5.64. The van der Waals surface area contributed by atoms with Crippen molar-refractivity contribution in [3.05, 3.63) is 36.0 Å². The molecule has 2 aliphatic heterocycles. The van der Waals surface area contributed by atoms with E-state index in [4.69, 9.17) is 9.47 Å². The van der Waals surface area contributed by atoms with Crippen molar-refractivity contribution in [2.75, 3.05) is 6.61 Å². The predicted molar refractivity (Wildman–Crippen MR) is 94.7 cm³/mol. The second-order valence-corrected chi connectivity index (χ2v) is 8.41. The van der Waals surface area contributed by atoms with Gasteiger partial charge in [0.1, 0.15) is 6.10 Å². The SMILES string of the molecule is C=C1C[C@@H](O)[C@H]2O[C@@]2(C)CC[C@@H]2/C(=C\C=C\C(C)(C)O)CO[C@H](O)[C@@H]12. The Morgan fingerprint density at radius 3 is 2.72 bits per heavy atom. The van der Waals surface area contributed by atoms with Crippen LogP contribution in [0.4, 0.5) is 0 Å². The van der Waals surface area contributed by atoms with Crippen molar-refractivity contribution >= 4 is 0 Å². The van der Waals surface area contributed by atoms with Gasteiger partial charge in [-0.1, -0.05) is 30.4 Å². The highest BCUT2D eigenvalue weighted by Gasteiger charge is 2.57. The zero-order chi connectivity index (χ0) is 18.4. The summed E-state index contributed by atoms with van der Waals surface area (Å²) >= 11 is 0. The van der Waals surface area contributed by atoms with Crippen molar-refractivity contribution < 1.29 is 24.8 Å². The average Bonchev–Trinajstić information content (AvgIpc) is 3.17. The Kier molecular flexibility index (Phi) is 4.99. The van der Waals surface area contributed by atoms with E-state index in [2.05, 4.69) is 6.58 Å². The van der Waals surface area contributed by atoms with E-state index in [1.54, 1.807) is 19.9 Å². The van der Waals surface area contributed by atoms with E-state index in [1.165, 1.54) is 0 Å². The summed E-state index contributed by atoms with van der Waals surface area (Å²) in [5.41, 5.74) is 0.724. The number of rotatable bonds is 2. The minimum absolute atomic E-state index is 0.0923. The maximum atomic E-state index is 10.4. The van der Waals surface area contributed by atoms with E-state index in [9.17, 15) is 15.3 Å². The van der Waals surface area contributed by atoms with Crippen molar-refractivity contribution in [3.8, 4) is 0 Å². The Balaban J connectivity index is 1.87. The smallest absolute Gasteiger partial charge is 0.162 e. The lowest BCUT2D eigenvalue weighted by Gasteiger charge is -2.39. The van der Waals surface area contributed by atoms with Gasteiger partial charge in [0.05, 0.1) is 23.9 Å². The Morgan fingerprint density at radius 1 is 1.32 bits per heavy atom. The van der Waals surface area contributed by atoms with E-state index in [1.807, 2.05) is 19.1 Å². The summed E-state index contributed by atoms with van der Waals surface area (Å²) in [5.74, 6) is -0.138. The van der Waals surface area contributed by atoms with Crippen LogP contribution in [0, 0.1) is 11.8 Å². The Morgan fingerprint density at radius 2 is 2.04 bits per heavy atom. The van der Waals surface area contributed by atoms with Gasteiger partial charge in [0, 0.05) is 5.92 Å². The van der Waals surface area contributed by atoms with E-state index in [0.717, 1.165) is 24.0 Å². The number of fused-ring (bicyclic) bond motifs is 2. The van der Waals surface area contributed by atoms with Crippen LogP contribution >= 0.6 is 0 Å². The Labute approximate surface area is 149 Å². The first kappa shape index (κ1) is 18.8. The largest absolute Gasteiger partial charge is 0.390 e. The van der Waals surface area contributed by atoms with Crippen molar-refractivity contribution in [1.82, 2.24) is 0 Å². The summed E-state index contributed by atoms with van der Waals surface area (Å²) in [7, 11) is 0. The molecular formula is C20H30O5. The molecule has 0 unspecified atom stereocenters. The molecule has 5 heteroatoms. The second-order valence-electron chi connectivity index (χ2n) is 8.41. The van der Waals surface area contributed by atoms with Gasteiger partial charge in [-0.15, -0.1) is 0 Å². The molecule has 0 aromatic rings. The molecule has 0 aromatic heterocycles. The number of allylic oxidation sites excluding steroid dienone is 2. The first-order valence-electron chi connectivity index (χ1n) is 9.04.